The summed E-state index contributed by atoms with van der Waals surface area (Å²) in [7, 11) is 3.09. The van der Waals surface area contributed by atoms with Gasteiger partial charge in [-0.05, 0) is 36.8 Å². The van der Waals surface area contributed by atoms with Crippen molar-refractivity contribution in [2.75, 3.05) is 27.4 Å². The standard InChI is InChI=1S/C23H25N3O5/c1-4-12-24-21(27)15-31-23(28)18-14-26(17-8-6-5-7-9-17)25-22(18)16-10-11-19(29-2)20(13-16)30-3/h5-11,13-14H,4,12,15H2,1-3H3,(H,24,27). The van der Waals surface area contributed by atoms with Crippen molar-refractivity contribution in [2.45, 2.75) is 13.3 Å². The number of nitrogens with one attached hydrogen (secondary N) is 1. The quantitative estimate of drug-likeness (QED) is 0.531. The van der Waals surface area contributed by atoms with Crippen LogP contribution in [0.1, 0.15) is 23.7 Å². The van der Waals surface area contributed by atoms with Crippen LogP contribution in [0.5, 0.6) is 11.5 Å². The molecule has 3 rings (SSSR count). The van der Waals surface area contributed by atoms with Gasteiger partial charge in [0.2, 0.25) is 0 Å². The molecule has 0 bridgehead atoms. The third kappa shape index (κ3) is 5.22. The molecule has 3 aromatic rings. The van der Waals surface area contributed by atoms with E-state index in [0.717, 1.165) is 12.1 Å². The largest absolute Gasteiger partial charge is 0.493 e. The number of hydrogen-bond donors (Lipinski definition) is 1. The van der Waals surface area contributed by atoms with E-state index in [-0.39, 0.29) is 18.1 Å². The number of aromatic nitrogens is 2. The van der Waals surface area contributed by atoms with Crippen LogP contribution in [0.25, 0.3) is 16.9 Å². The fraction of sp³-hybridized carbons (Fsp3) is 0.261. The maximum atomic E-state index is 12.8. The number of nitrogens with zero attached hydrogens (tertiary/aromatic N) is 2. The van der Waals surface area contributed by atoms with Crippen LogP contribution >= 0.6 is 0 Å². The van der Waals surface area contributed by atoms with E-state index in [1.807, 2.05) is 37.3 Å². The van der Waals surface area contributed by atoms with Gasteiger partial charge >= 0.3 is 5.97 Å². The average Bonchev–Trinajstić information content (AvgIpc) is 3.27. The summed E-state index contributed by atoms with van der Waals surface area (Å²) in [6.45, 7) is 2.11. The Balaban J connectivity index is 1.96. The molecule has 162 valence electrons. The molecule has 1 amide bonds. The second-order valence-electron chi connectivity index (χ2n) is 6.67. The van der Waals surface area contributed by atoms with Gasteiger partial charge in [-0.3, -0.25) is 4.79 Å². The monoisotopic (exact) mass is 423 g/mol. The number of carbonyl (C=O) groups is 2. The van der Waals surface area contributed by atoms with Gasteiger partial charge in [0.15, 0.2) is 18.1 Å². The minimum Gasteiger partial charge on any atom is -0.493 e. The summed E-state index contributed by atoms with van der Waals surface area (Å²) in [5.74, 6) is 0.0786. The minimum absolute atomic E-state index is 0.236. The number of para-hydroxylation sites is 1. The topological polar surface area (TPSA) is 91.7 Å². The lowest BCUT2D eigenvalue weighted by molar-refractivity contribution is -0.124. The second-order valence-corrected chi connectivity index (χ2v) is 6.67. The number of amides is 1. The van der Waals surface area contributed by atoms with Gasteiger partial charge in [0.1, 0.15) is 11.3 Å². The molecule has 0 fully saturated rings. The van der Waals surface area contributed by atoms with Crippen molar-refractivity contribution in [3.05, 3.63) is 60.3 Å². The molecule has 0 aliphatic rings. The SMILES string of the molecule is CCCNC(=O)COC(=O)c1cn(-c2ccccc2)nc1-c1ccc(OC)c(OC)c1. The molecule has 0 radical (unpaired) electrons. The summed E-state index contributed by atoms with van der Waals surface area (Å²) in [5, 5.41) is 7.28. The van der Waals surface area contributed by atoms with Crippen LogP contribution in [-0.4, -0.2) is 49.0 Å². The second kappa shape index (κ2) is 10.3. The normalized spacial score (nSPS) is 10.4. The number of rotatable bonds is 9. The van der Waals surface area contributed by atoms with Crippen LogP contribution in [0, 0.1) is 0 Å². The first-order valence-electron chi connectivity index (χ1n) is 9.88. The third-order valence-electron chi connectivity index (χ3n) is 4.52. The van der Waals surface area contributed by atoms with Crippen LogP contribution in [0.15, 0.2) is 54.7 Å². The van der Waals surface area contributed by atoms with E-state index in [4.69, 9.17) is 14.2 Å². The van der Waals surface area contributed by atoms with E-state index in [1.165, 1.54) is 7.11 Å². The predicted octanol–water partition coefficient (Wildman–Crippen LogP) is 3.24. The highest BCUT2D eigenvalue weighted by atomic mass is 16.5. The van der Waals surface area contributed by atoms with E-state index in [0.29, 0.717) is 29.3 Å². The highest BCUT2D eigenvalue weighted by Gasteiger charge is 2.22. The molecule has 8 nitrogen and oxygen atoms in total. The first-order chi connectivity index (χ1) is 15.1. The van der Waals surface area contributed by atoms with Gasteiger partial charge < -0.3 is 19.5 Å². The molecule has 1 aromatic heterocycles. The molecule has 1 N–H and O–H groups in total. The lowest BCUT2D eigenvalue weighted by Crippen LogP contribution is -2.29. The van der Waals surface area contributed by atoms with E-state index in [9.17, 15) is 9.59 Å². The smallest absolute Gasteiger partial charge is 0.342 e. The summed E-state index contributed by atoms with van der Waals surface area (Å²) in [4.78, 5) is 24.7. The zero-order valence-electron chi connectivity index (χ0n) is 17.8. The molecule has 0 atom stereocenters. The van der Waals surface area contributed by atoms with Gasteiger partial charge in [-0.1, -0.05) is 25.1 Å². The van der Waals surface area contributed by atoms with Crippen molar-refractivity contribution in [1.82, 2.24) is 15.1 Å². The molecule has 0 saturated heterocycles. The van der Waals surface area contributed by atoms with E-state index < -0.39 is 5.97 Å². The van der Waals surface area contributed by atoms with Crippen molar-refractivity contribution < 1.29 is 23.8 Å². The Labute approximate surface area is 180 Å². The molecular formula is C23H25N3O5. The van der Waals surface area contributed by atoms with Gasteiger partial charge in [-0.25, -0.2) is 9.48 Å². The summed E-state index contributed by atoms with van der Waals surface area (Å²) < 4.78 is 17.5. The number of carbonyl (C=O) groups excluding carboxylic acids is 2. The maximum absolute atomic E-state index is 12.8. The van der Waals surface area contributed by atoms with Crippen molar-refractivity contribution in [3.8, 4) is 28.4 Å². The van der Waals surface area contributed by atoms with Crippen LogP contribution in [0.3, 0.4) is 0 Å². The maximum Gasteiger partial charge on any atom is 0.342 e. The Bertz CT molecular complexity index is 1050. The van der Waals surface area contributed by atoms with Crippen LogP contribution in [0.4, 0.5) is 0 Å². The zero-order valence-corrected chi connectivity index (χ0v) is 17.8. The number of hydrogen-bond acceptors (Lipinski definition) is 6. The number of benzene rings is 2. The highest BCUT2D eigenvalue weighted by molar-refractivity contribution is 5.97. The Morgan fingerprint density at radius 1 is 1.03 bits per heavy atom. The highest BCUT2D eigenvalue weighted by Crippen LogP contribution is 2.33. The Morgan fingerprint density at radius 3 is 2.45 bits per heavy atom. The molecule has 2 aromatic carbocycles. The molecule has 8 heteroatoms. The molecule has 0 aliphatic heterocycles. The summed E-state index contributed by atoms with van der Waals surface area (Å²) in [6, 6.07) is 14.7. The van der Waals surface area contributed by atoms with Crippen molar-refractivity contribution in [2.24, 2.45) is 0 Å². The first kappa shape index (κ1) is 21.9. The zero-order chi connectivity index (χ0) is 22.2. The van der Waals surface area contributed by atoms with Crippen molar-refractivity contribution in [1.29, 1.82) is 0 Å². The average molecular weight is 423 g/mol. The fourth-order valence-electron chi connectivity index (χ4n) is 2.96. The first-order valence-corrected chi connectivity index (χ1v) is 9.88. The van der Waals surface area contributed by atoms with E-state index in [1.54, 1.807) is 36.2 Å². The lowest BCUT2D eigenvalue weighted by Gasteiger charge is -2.09. The number of methoxy groups -OCH3 is 2. The van der Waals surface area contributed by atoms with Crippen LogP contribution in [0.2, 0.25) is 0 Å². The molecule has 0 unspecified atom stereocenters. The molecule has 0 spiro atoms. The predicted molar refractivity (Wildman–Crippen MR) is 116 cm³/mol. The van der Waals surface area contributed by atoms with E-state index >= 15 is 0 Å². The third-order valence-corrected chi connectivity index (χ3v) is 4.52. The lowest BCUT2D eigenvalue weighted by atomic mass is 10.1. The van der Waals surface area contributed by atoms with Crippen molar-refractivity contribution >= 4 is 11.9 Å². The van der Waals surface area contributed by atoms with Crippen LogP contribution in [-0.2, 0) is 9.53 Å². The summed E-state index contributed by atoms with van der Waals surface area (Å²) in [5.41, 5.74) is 2.07. The molecule has 1 heterocycles. The Kier molecular flexibility index (Phi) is 7.26. The van der Waals surface area contributed by atoms with Crippen LogP contribution < -0.4 is 14.8 Å². The van der Waals surface area contributed by atoms with Gasteiger partial charge in [0.05, 0.1) is 19.9 Å². The summed E-state index contributed by atoms with van der Waals surface area (Å²) in [6.07, 6.45) is 2.39. The number of esters is 1. The van der Waals surface area contributed by atoms with Gasteiger partial charge in [0.25, 0.3) is 5.91 Å². The molecule has 0 saturated carbocycles. The van der Waals surface area contributed by atoms with Gasteiger partial charge in [-0.2, -0.15) is 5.10 Å². The molecular weight excluding hydrogens is 398 g/mol. The fourth-order valence-corrected chi connectivity index (χ4v) is 2.96. The summed E-state index contributed by atoms with van der Waals surface area (Å²) >= 11 is 0. The Morgan fingerprint density at radius 2 is 1.77 bits per heavy atom. The molecule has 0 aliphatic carbocycles. The number of ether oxygens (including phenoxy) is 3. The Hall–Kier alpha value is -3.81. The minimum atomic E-state index is -0.640. The van der Waals surface area contributed by atoms with E-state index in [2.05, 4.69) is 10.4 Å². The van der Waals surface area contributed by atoms with Gasteiger partial charge in [0, 0.05) is 18.3 Å². The van der Waals surface area contributed by atoms with Crippen molar-refractivity contribution in [3.63, 3.8) is 0 Å². The molecule has 31 heavy (non-hydrogen) atoms. The van der Waals surface area contributed by atoms with Gasteiger partial charge in [-0.15, -0.1) is 0 Å².